The summed E-state index contributed by atoms with van der Waals surface area (Å²) in [7, 11) is 0. The zero-order valence-electron chi connectivity index (χ0n) is 8.63. The first-order valence-corrected chi connectivity index (χ1v) is 4.63. The number of hydrogen-bond donors (Lipinski definition) is 0. The summed E-state index contributed by atoms with van der Waals surface area (Å²) in [5.41, 5.74) is -0.480. The molecule has 0 atom stereocenters. The number of benzene rings is 1. The SMILES string of the molecule is CC1=CC(=O)N(c2cc(F)c(F)cc2F)C1=O. The van der Waals surface area contributed by atoms with Crippen LogP contribution in [0, 0.1) is 17.5 Å². The van der Waals surface area contributed by atoms with Gasteiger partial charge in [0.1, 0.15) is 0 Å². The van der Waals surface area contributed by atoms with E-state index in [2.05, 4.69) is 0 Å². The number of carbonyl (C=O) groups excluding carboxylic acids is 2. The second-order valence-corrected chi connectivity index (χ2v) is 3.52. The molecule has 0 N–H and O–H groups in total. The van der Waals surface area contributed by atoms with E-state index in [1.165, 1.54) is 6.92 Å². The minimum Gasteiger partial charge on any atom is -0.269 e. The molecule has 1 aromatic carbocycles. The molecule has 1 aliphatic rings. The molecule has 0 fully saturated rings. The van der Waals surface area contributed by atoms with Gasteiger partial charge >= 0.3 is 0 Å². The van der Waals surface area contributed by atoms with Crippen molar-refractivity contribution in [1.82, 2.24) is 0 Å². The highest BCUT2D eigenvalue weighted by Crippen LogP contribution is 2.27. The van der Waals surface area contributed by atoms with E-state index in [9.17, 15) is 22.8 Å². The second-order valence-electron chi connectivity index (χ2n) is 3.52. The summed E-state index contributed by atoms with van der Waals surface area (Å²) in [4.78, 5) is 23.4. The van der Waals surface area contributed by atoms with E-state index in [1.54, 1.807) is 0 Å². The van der Waals surface area contributed by atoms with Gasteiger partial charge in [0.2, 0.25) is 0 Å². The van der Waals surface area contributed by atoms with Gasteiger partial charge in [0, 0.05) is 23.8 Å². The maximum atomic E-state index is 13.4. The predicted octanol–water partition coefficient (Wildman–Crippen LogP) is 1.92. The zero-order valence-corrected chi connectivity index (χ0v) is 8.63. The number of nitrogens with zero attached hydrogens (tertiary/aromatic N) is 1. The number of carbonyl (C=O) groups is 2. The Labute approximate surface area is 94.1 Å². The van der Waals surface area contributed by atoms with E-state index in [-0.39, 0.29) is 5.57 Å². The molecule has 6 heteroatoms. The highest BCUT2D eigenvalue weighted by atomic mass is 19.2. The van der Waals surface area contributed by atoms with Crippen LogP contribution in [-0.2, 0) is 9.59 Å². The Morgan fingerprint density at radius 2 is 1.59 bits per heavy atom. The average Bonchev–Trinajstić information content (AvgIpc) is 2.48. The van der Waals surface area contributed by atoms with Crippen molar-refractivity contribution in [3.63, 3.8) is 0 Å². The van der Waals surface area contributed by atoms with Crippen molar-refractivity contribution in [2.24, 2.45) is 0 Å². The van der Waals surface area contributed by atoms with Gasteiger partial charge in [0.15, 0.2) is 17.5 Å². The number of rotatable bonds is 1. The number of hydrogen-bond acceptors (Lipinski definition) is 2. The van der Waals surface area contributed by atoms with E-state index >= 15 is 0 Å². The predicted molar refractivity (Wildman–Crippen MR) is 52.6 cm³/mol. The first kappa shape index (κ1) is 11.4. The van der Waals surface area contributed by atoms with E-state index < -0.39 is 35.0 Å². The third-order valence-corrected chi connectivity index (χ3v) is 2.33. The van der Waals surface area contributed by atoms with Gasteiger partial charge in [-0.2, -0.15) is 0 Å². The van der Waals surface area contributed by atoms with Gasteiger partial charge in [-0.3, -0.25) is 9.59 Å². The van der Waals surface area contributed by atoms with Crippen molar-refractivity contribution in [3.05, 3.63) is 41.2 Å². The zero-order chi connectivity index (χ0) is 12.7. The van der Waals surface area contributed by atoms with Crippen molar-refractivity contribution >= 4 is 17.5 Å². The molecule has 17 heavy (non-hydrogen) atoms. The molecule has 0 radical (unpaired) electrons. The smallest absolute Gasteiger partial charge is 0.261 e. The van der Waals surface area contributed by atoms with Crippen molar-refractivity contribution in [2.45, 2.75) is 6.92 Å². The largest absolute Gasteiger partial charge is 0.269 e. The van der Waals surface area contributed by atoms with Gasteiger partial charge in [-0.15, -0.1) is 0 Å². The molecule has 1 heterocycles. The molecule has 0 saturated heterocycles. The van der Waals surface area contributed by atoms with Gasteiger partial charge < -0.3 is 0 Å². The van der Waals surface area contributed by atoms with Crippen molar-refractivity contribution in [3.8, 4) is 0 Å². The van der Waals surface area contributed by atoms with E-state index in [4.69, 9.17) is 0 Å². The number of amides is 2. The van der Waals surface area contributed by atoms with E-state index in [1.807, 2.05) is 0 Å². The highest BCUT2D eigenvalue weighted by Gasteiger charge is 2.32. The molecule has 0 bridgehead atoms. The standard InChI is InChI=1S/C11H6F3NO2/c1-5-2-10(16)15(11(5)17)9-4-7(13)6(12)3-8(9)14/h2-4H,1H3. The van der Waals surface area contributed by atoms with Crippen molar-refractivity contribution in [2.75, 3.05) is 4.90 Å². The molecule has 1 aromatic rings. The average molecular weight is 241 g/mol. The molecular formula is C11H6F3NO2. The monoisotopic (exact) mass is 241 g/mol. The molecule has 2 rings (SSSR count). The van der Waals surface area contributed by atoms with E-state index in [0.717, 1.165) is 6.08 Å². The Hall–Kier alpha value is -2.11. The number of halogens is 3. The summed E-state index contributed by atoms with van der Waals surface area (Å²) < 4.78 is 39.0. The second kappa shape index (κ2) is 3.73. The van der Waals surface area contributed by atoms with Crippen LogP contribution in [0.25, 0.3) is 0 Å². The minimum atomic E-state index is -1.38. The molecule has 2 amide bonds. The number of anilines is 1. The molecule has 1 aliphatic heterocycles. The maximum absolute atomic E-state index is 13.4. The van der Waals surface area contributed by atoms with Crippen LogP contribution in [0.15, 0.2) is 23.8 Å². The van der Waals surface area contributed by atoms with Gasteiger partial charge in [-0.25, -0.2) is 18.1 Å². The van der Waals surface area contributed by atoms with Crippen LogP contribution < -0.4 is 4.90 Å². The van der Waals surface area contributed by atoms with Crippen LogP contribution in [0.2, 0.25) is 0 Å². The summed E-state index contributed by atoms with van der Waals surface area (Å²) in [6.07, 6.45) is 1.00. The molecule has 88 valence electrons. The molecular weight excluding hydrogens is 235 g/mol. The van der Waals surface area contributed by atoms with Crippen LogP contribution in [-0.4, -0.2) is 11.8 Å². The fraction of sp³-hybridized carbons (Fsp3) is 0.0909. The first-order valence-electron chi connectivity index (χ1n) is 4.63. The van der Waals surface area contributed by atoms with E-state index in [0.29, 0.717) is 17.0 Å². The van der Waals surface area contributed by atoms with Crippen LogP contribution in [0.5, 0.6) is 0 Å². The Balaban J connectivity index is 2.53. The lowest BCUT2D eigenvalue weighted by Crippen LogP contribution is -2.31. The lowest BCUT2D eigenvalue weighted by molar-refractivity contribution is -0.120. The van der Waals surface area contributed by atoms with Crippen LogP contribution in [0.4, 0.5) is 18.9 Å². The summed E-state index contributed by atoms with van der Waals surface area (Å²) in [6, 6.07) is 0.770. The summed E-state index contributed by atoms with van der Waals surface area (Å²) in [5, 5.41) is 0. The minimum absolute atomic E-state index is 0.110. The molecule has 0 aliphatic carbocycles. The van der Waals surface area contributed by atoms with Gasteiger partial charge in [-0.1, -0.05) is 0 Å². The molecule has 0 spiro atoms. The van der Waals surface area contributed by atoms with Crippen molar-refractivity contribution < 1.29 is 22.8 Å². The topological polar surface area (TPSA) is 37.4 Å². The Morgan fingerprint density at radius 3 is 2.12 bits per heavy atom. The van der Waals surface area contributed by atoms with Crippen LogP contribution in [0.3, 0.4) is 0 Å². The van der Waals surface area contributed by atoms with Crippen LogP contribution >= 0.6 is 0 Å². The molecule has 0 unspecified atom stereocenters. The first-order chi connectivity index (χ1) is 7.91. The Kier molecular flexibility index (Phi) is 2.49. The Bertz CT molecular complexity index is 566. The summed E-state index contributed by atoms with van der Waals surface area (Å²) >= 11 is 0. The van der Waals surface area contributed by atoms with Gasteiger partial charge in [-0.05, 0) is 6.92 Å². The molecule has 0 aromatic heterocycles. The Morgan fingerprint density at radius 1 is 1.00 bits per heavy atom. The summed E-state index contributed by atoms with van der Waals surface area (Å²) in [5.74, 6) is -5.41. The van der Waals surface area contributed by atoms with Crippen molar-refractivity contribution in [1.29, 1.82) is 0 Å². The fourth-order valence-corrected chi connectivity index (χ4v) is 1.50. The van der Waals surface area contributed by atoms with Gasteiger partial charge in [0.05, 0.1) is 5.69 Å². The molecule has 0 saturated carbocycles. The third kappa shape index (κ3) is 1.71. The lowest BCUT2D eigenvalue weighted by Gasteiger charge is -2.15. The fourth-order valence-electron chi connectivity index (χ4n) is 1.50. The van der Waals surface area contributed by atoms with Gasteiger partial charge in [0.25, 0.3) is 11.8 Å². The lowest BCUT2D eigenvalue weighted by atomic mass is 10.2. The maximum Gasteiger partial charge on any atom is 0.261 e. The molecule has 3 nitrogen and oxygen atoms in total. The van der Waals surface area contributed by atoms with Crippen LogP contribution in [0.1, 0.15) is 6.92 Å². The summed E-state index contributed by atoms with van der Waals surface area (Å²) in [6.45, 7) is 1.37. The highest BCUT2D eigenvalue weighted by molar-refractivity contribution is 6.30. The quantitative estimate of drug-likeness (QED) is 0.556. The normalized spacial score (nSPS) is 15.5. The third-order valence-electron chi connectivity index (χ3n) is 2.33. The number of imide groups is 1.